The van der Waals surface area contributed by atoms with Crippen LogP contribution in [0.15, 0.2) is 24.3 Å². The number of benzene rings is 1. The first-order valence-corrected chi connectivity index (χ1v) is 11.8. The molecule has 0 bridgehead atoms. The van der Waals surface area contributed by atoms with Crippen molar-refractivity contribution < 1.29 is 19.8 Å². The largest absolute Gasteiger partial charge is 0.479 e. The Morgan fingerprint density at radius 1 is 0.767 bits per heavy atom. The Morgan fingerprint density at radius 2 is 1.20 bits per heavy atom. The van der Waals surface area contributed by atoms with E-state index in [1.54, 1.807) is 24.3 Å². The number of carbonyl (C=O) groups excluding carboxylic acids is 1. The van der Waals surface area contributed by atoms with E-state index in [2.05, 4.69) is 12.2 Å². The number of anilines is 1. The number of carbonyl (C=O) groups is 2. The van der Waals surface area contributed by atoms with Gasteiger partial charge in [0.15, 0.2) is 0 Å². The number of unbranched alkanes of at least 4 members (excludes halogenated alkanes) is 13. The SMILES string of the molecule is CCCCCCCCCCCCCCCCNc1ccc(C(=O)C(O)C(=O)O)cc1. The lowest BCUT2D eigenvalue weighted by molar-refractivity contribution is -0.143. The van der Waals surface area contributed by atoms with Crippen molar-refractivity contribution in [3.05, 3.63) is 29.8 Å². The van der Waals surface area contributed by atoms with Crippen LogP contribution in [-0.2, 0) is 4.79 Å². The van der Waals surface area contributed by atoms with Crippen LogP contribution in [0.5, 0.6) is 0 Å². The van der Waals surface area contributed by atoms with Gasteiger partial charge in [0.25, 0.3) is 0 Å². The number of Topliss-reactive ketones (excluding diaryl/α,β-unsaturated/α-hetero) is 1. The molecule has 3 N–H and O–H groups in total. The van der Waals surface area contributed by atoms with Crippen LogP contribution in [0.1, 0.15) is 107 Å². The van der Waals surface area contributed by atoms with Crippen molar-refractivity contribution in [1.29, 1.82) is 0 Å². The van der Waals surface area contributed by atoms with Gasteiger partial charge >= 0.3 is 5.97 Å². The predicted molar refractivity (Wildman–Crippen MR) is 123 cm³/mol. The molecule has 5 heteroatoms. The number of carboxylic acid groups (broad SMARTS) is 1. The molecule has 0 saturated heterocycles. The third-order valence-electron chi connectivity index (χ3n) is 5.51. The molecule has 1 aromatic carbocycles. The van der Waals surface area contributed by atoms with Gasteiger partial charge in [-0.15, -0.1) is 0 Å². The molecule has 0 spiro atoms. The fourth-order valence-corrected chi connectivity index (χ4v) is 3.57. The topological polar surface area (TPSA) is 86.6 Å². The lowest BCUT2D eigenvalue weighted by Gasteiger charge is -2.08. The third kappa shape index (κ3) is 12.0. The van der Waals surface area contributed by atoms with Gasteiger partial charge in [-0.25, -0.2) is 4.79 Å². The molecule has 0 aromatic heterocycles. The summed E-state index contributed by atoms with van der Waals surface area (Å²) < 4.78 is 0. The first kappa shape index (κ1) is 26.2. The number of aliphatic hydroxyl groups is 1. The number of nitrogens with one attached hydrogen (secondary N) is 1. The molecule has 0 aliphatic heterocycles. The molecule has 0 fully saturated rings. The molecule has 1 unspecified atom stereocenters. The van der Waals surface area contributed by atoms with Gasteiger partial charge in [0, 0.05) is 17.8 Å². The van der Waals surface area contributed by atoms with Crippen LogP contribution in [0.3, 0.4) is 0 Å². The second-order valence-electron chi connectivity index (χ2n) is 8.21. The third-order valence-corrected chi connectivity index (χ3v) is 5.51. The van der Waals surface area contributed by atoms with Crippen molar-refractivity contribution in [2.75, 3.05) is 11.9 Å². The van der Waals surface area contributed by atoms with Crippen LogP contribution in [-0.4, -0.2) is 34.6 Å². The van der Waals surface area contributed by atoms with Gasteiger partial charge in [-0.2, -0.15) is 0 Å². The molecule has 1 rings (SSSR count). The highest BCUT2D eigenvalue weighted by molar-refractivity contribution is 6.10. The summed E-state index contributed by atoms with van der Waals surface area (Å²) in [6.07, 6.45) is 16.8. The summed E-state index contributed by atoms with van der Waals surface area (Å²) in [5.41, 5.74) is 1.10. The molecule has 30 heavy (non-hydrogen) atoms. The van der Waals surface area contributed by atoms with Crippen LogP contribution in [0, 0.1) is 0 Å². The Bertz CT molecular complexity index is 585. The summed E-state index contributed by atoms with van der Waals surface area (Å²) >= 11 is 0. The Labute approximate surface area is 182 Å². The van der Waals surface area contributed by atoms with E-state index in [0.29, 0.717) is 0 Å². The summed E-state index contributed by atoms with van der Waals surface area (Å²) in [4.78, 5) is 22.4. The predicted octanol–water partition coefficient (Wildman–Crippen LogP) is 6.21. The smallest absolute Gasteiger partial charge is 0.340 e. The van der Waals surface area contributed by atoms with E-state index < -0.39 is 17.9 Å². The van der Waals surface area contributed by atoms with Gasteiger partial charge in [0.05, 0.1) is 0 Å². The van der Waals surface area contributed by atoms with Crippen LogP contribution < -0.4 is 5.32 Å². The minimum atomic E-state index is -2.00. The van der Waals surface area contributed by atoms with Crippen molar-refractivity contribution >= 4 is 17.4 Å². The van der Waals surface area contributed by atoms with Gasteiger partial charge in [-0.1, -0.05) is 90.4 Å². The summed E-state index contributed by atoms with van der Waals surface area (Å²) in [7, 11) is 0. The molecular formula is C25H41NO4. The molecule has 170 valence electrons. The molecule has 0 amide bonds. The van der Waals surface area contributed by atoms with Gasteiger partial charge in [0.2, 0.25) is 11.9 Å². The first-order valence-electron chi connectivity index (χ1n) is 11.8. The van der Waals surface area contributed by atoms with Gasteiger partial charge in [-0.05, 0) is 30.7 Å². The number of ketones is 1. The second-order valence-corrected chi connectivity index (χ2v) is 8.21. The molecule has 0 saturated carbocycles. The highest BCUT2D eigenvalue weighted by atomic mass is 16.4. The average Bonchev–Trinajstić information content (AvgIpc) is 2.75. The summed E-state index contributed by atoms with van der Waals surface area (Å²) in [5.74, 6) is -2.32. The molecule has 5 nitrogen and oxygen atoms in total. The Hall–Kier alpha value is -1.88. The number of hydrogen-bond acceptors (Lipinski definition) is 4. The van der Waals surface area contributed by atoms with E-state index in [1.165, 1.54) is 83.5 Å². The molecule has 0 aliphatic rings. The minimum absolute atomic E-state index is 0.201. The maximum Gasteiger partial charge on any atom is 0.340 e. The maximum absolute atomic E-state index is 11.8. The fourth-order valence-electron chi connectivity index (χ4n) is 3.57. The molecular weight excluding hydrogens is 378 g/mol. The standard InChI is InChI=1S/C25H41NO4/c1-2-3-4-5-6-7-8-9-10-11-12-13-14-15-20-26-22-18-16-21(17-19-22)23(27)24(28)25(29)30/h16-19,24,26,28H,2-15,20H2,1H3,(H,29,30). The van der Waals surface area contributed by atoms with Gasteiger partial charge < -0.3 is 15.5 Å². The van der Waals surface area contributed by atoms with Gasteiger partial charge in [-0.3, -0.25) is 4.79 Å². The molecule has 0 radical (unpaired) electrons. The number of hydrogen-bond donors (Lipinski definition) is 3. The quantitative estimate of drug-likeness (QED) is 0.141. The normalized spacial score (nSPS) is 11.9. The van der Waals surface area contributed by atoms with Crippen molar-refractivity contribution in [1.82, 2.24) is 0 Å². The highest BCUT2D eigenvalue weighted by Gasteiger charge is 2.23. The van der Waals surface area contributed by atoms with Crippen LogP contribution >= 0.6 is 0 Å². The lowest BCUT2D eigenvalue weighted by atomic mass is 10.0. The summed E-state index contributed by atoms with van der Waals surface area (Å²) in [6.45, 7) is 3.14. The summed E-state index contributed by atoms with van der Waals surface area (Å²) in [6, 6.07) is 6.57. The molecule has 1 atom stereocenters. The maximum atomic E-state index is 11.8. The van der Waals surface area contributed by atoms with Crippen LogP contribution in [0.25, 0.3) is 0 Å². The lowest BCUT2D eigenvalue weighted by Crippen LogP contribution is -2.29. The molecule has 0 heterocycles. The van der Waals surface area contributed by atoms with E-state index in [-0.39, 0.29) is 5.56 Å². The van der Waals surface area contributed by atoms with Crippen molar-refractivity contribution in [3.8, 4) is 0 Å². The zero-order chi connectivity index (χ0) is 22.0. The highest BCUT2D eigenvalue weighted by Crippen LogP contribution is 2.14. The van der Waals surface area contributed by atoms with Crippen molar-refractivity contribution in [2.45, 2.75) is 103 Å². The number of carboxylic acids is 1. The number of aliphatic hydroxyl groups excluding tert-OH is 1. The first-order chi connectivity index (χ1) is 14.6. The van der Waals surface area contributed by atoms with Crippen molar-refractivity contribution in [2.24, 2.45) is 0 Å². The molecule has 0 aliphatic carbocycles. The Balaban J connectivity index is 1.97. The number of aliphatic carboxylic acids is 1. The monoisotopic (exact) mass is 419 g/mol. The van der Waals surface area contributed by atoms with E-state index >= 15 is 0 Å². The van der Waals surface area contributed by atoms with E-state index in [4.69, 9.17) is 5.11 Å². The Kier molecular flexibility index (Phi) is 14.7. The zero-order valence-electron chi connectivity index (χ0n) is 18.7. The minimum Gasteiger partial charge on any atom is -0.479 e. The fraction of sp³-hybridized carbons (Fsp3) is 0.680. The molecule has 1 aromatic rings. The van der Waals surface area contributed by atoms with Gasteiger partial charge in [0.1, 0.15) is 0 Å². The van der Waals surface area contributed by atoms with Crippen LogP contribution in [0.4, 0.5) is 5.69 Å². The van der Waals surface area contributed by atoms with Crippen molar-refractivity contribution in [3.63, 3.8) is 0 Å². The Morgan fingerprint density at radius 3 is 1.63 bits per heavy atom. The summed E-state index contributed by atoms with van der Waals surface area (Å²) in [5, 5.41) is 21.3. The average molecular weight is 420 g/mol. The van der Waals surface area contributed by atoms with E-state index in [0.717, 1.165) is 18.7 Å². The zero-order valence-corrected chi connectivity index (χ0v) is 18.7. The second kappa shape index (κ2) is 16.9. The van der Waals surface area contributed by atoms with Crippen LogP contribution in [0.2, 0.25) is 0 Å². The number of rotatable bonds is 19. The van der Waals surface area contributed by atoms with E-state index in [9.17, 15) is 14.7 Å². The van der Waals surface area contributed by atoms with E-state index in [1.807, 2.05) is 0 Å².